The lowest BCUT2D eigenvalue weighted by molar-refractivity contribution is -0.386. The molecule has 0 aromatic heterocycles. The smallest absolute Gasteiger partial charge is 0.313 e. The van der Waals surface area contributed by atoms with Crippen LogP contribution in [0.2, 0.25) is 0 Å². The van der Waals surface area contributed by atoms with Crippen LogP contribution in [0.5, 0.6) is 5.75 Å². The third kappa shape index (κ3) is 3.92. The van der Waals surface area contributed by atoms with E-state index in [1.165, 1.54) is 6.07 Å². The van der Waals surface area contributed by atoms with Gasteiger partial charge in [0.05, 0.1) is 20.1 Å². The van der Waals surface area contributed by atoms with Gasteiger partial charge in [-0.1, -0.05) is 28.1 Å². The molecule has 2 aromatic carbocycles. The molecule has 0 radical (unpaired) electrons. The van der Waals surface area contributed by atoms with Gasteiger partial charge in [0.1, 0.15) is 6.61 Å². The fourth-order valence-electron chi connectivity index (χ4n) is 1.70. The number of hydrogen-bond donors (Lipinski definition) is 0. The van der Waals surface area contributed by atoms with Gasteiger partial charge in [-0.05, 0) is 46.4 Å². The Bertz CT molecular complexity index is 743. The molecule has 5 nitrogen and oxygen atoms in total. The van der Waals surface area contributed by atoms with Crippen LogP contribution >= 0.6 is 38.5 Å². The van der Waals surface area contributed by atoms with Crippen LogP contribution in [0.1, 0.15) is 11.1 Å². The number of ether oxygens (including phenoxy) is 1. The monoisotopic (exact) mass is 458 g/mol. The summed E-state index contributed by atoms with van der Waals surface area (Å²) in [4.78, 5) is 10.6. The second kappa shape index (κ2) is 6.87. The number of rotatable bonds is 4. The van der Waals surface area contributed by atoms with Crippen LogP contribution in [0.3, 0.4) is 0 Å². The fraction of sp³-hybridized carbons (Fsp3) is 0.0714. The predicted octanol–water partition coefficient (Wildman–Crippen LogP) is 4.41. The number of nitrogens with zero attached hydrogens (tertiary/aromatic N) is 2. The van der Waals surface area contributed by atoms with Crippen molar-refractivity contribution in [1.82, 2.24) is 0 Å². The van der Waals surface area contributed by atoms with Crippen LogP contribution in [0.15, 0.2) is 40.9 Å². The number of nitro groups is 1. The first-order valence-corrected chi connectivity index (χ1v) is 7.63. The van der Waals surface area contributed by atoms with E-state index in [2.05, 4.69) is 15.9 Å². The summed E-state index contributed by atoms with van der Waals surface area (Å²) >= 11 is 5.29. The summed E-state index contributed by atoms with van der Waals surface area (Å²) in [6.45, 7) is 0.210. The maximum absolute atomic E-state index is 11.1. The molecule has 2 aromatic rings. The minimum absolute atomic E-state index is 0.180. The molecule has 0 bridgehead atoms. The summed E-state index contributed by atoms with van der Waals surface area (Å²) in [5, 5.41) is 20.0. The minimum Gasteiger partial charge on any atom is -0.481 e. The first-order chi connectivity index (χ1) is 10.0. The van der Waals surface area contributed by atoms with E-state index in [-0.39, 0.29) is 23.6 Å². The Labute approximate surface area is 143 Å². The third-order valence-electron chi connectivity index (χ3n) is 2.62. The summed E-state index contributed by atoms with van der Waals surface area (Å²) in [6.07, 6.45) is 0. The Kier molecular flexibility index (Phi) is 5.14. The highest BCUT2D eigenvalue weighted by Crippen LogP contribution is 2.34. The van der Waals surface area contributed by atoms with Gasteiger partial charge in [-0.3, -0.25) is 10.1 Å². The van der Waals surface area contributed by atoms with E-state index < -0.39 is 4.92 Å². The second-order valence-electron chi connectivity index (χ2n) is 4.09. The van der Waals surface area contributed by atoms with Crippen molar-refractivity contribution >= 4 is 44.2 Å². The molecular formula is C14H8BrIN2O3. The fourth-order valence-corrected chi connectivity index (χ4v) is 2.92. The van der Waals surface area contributed by atoms with E-state index in [0.29, 0.717) is 3.57 Å². The largest absolute Gasteiger partial charge is 0.481 e. The maximum atomic E-state index is 11.1. The lowest BCUT2D eigenvalue weighted by atomic mass is 10.2. The minimum atomic E-state index is -0.542. The Hall–Kier alpha value is -1.66. The molecule has 0 saturated heterocycles. The molecule has 0 spiro atoms. The molecule has 0 aliphatic rings. The van der Waals surface area contributed by atoms with Crippen LogP contribution in [-0.4, -0.2) is 4.92 Å². The van der Waals surface area contributed by atoms with Crippen molar-refractivity contribution in [3.05, 3.63) is 65.7 Å². The molecule has 0 saturated carbocycles. The predicted molar refractivity (Wildman–Crippen MR) is 89.0 cm³/mol. The van der Waals surface area contributed by atoms with Crippen molar-refractivity contribution in [2.75, 3.05) is 0 Å². The van der Waals surface area contributed by atoms with Crippen molar-refractivity contribution in [3.63, 3.8) is 0 Å². The lowest BCUT2D eigenvalue weighted by Gasteiger charge is -2.09. The van der Waals surface area contributed by atoms with Gasteiger partial charge in [0, 0.05) is 10.5 Å². The van der Waals surface area contributed by atoms with E-state index in [1.807, 2.05) is 52.9 Å². The summed E-state index contributed by atoms with van der Waals surface area (Å²) in [6, 6.07) is 12.2. The first-order valence-electron chi connectivity index (χ1n) is 5.76. The Balaban J connectivity index is 2.31. The zero-order chi connectivity index (χ0) is 15.4. The summed E-state index contributed by atoms with van der Waals surface area (Å²) in [5.74, 6) is 0.180. The van der Waals surface area contributed by atoms with Gasteiger partial charge in [0.25, 0.3) is 0 Å². The van der Waals surface area contributed by atoms with Crippen molar-refractivity contribution in [1.29, 1.82) is 5.26 Å². The normalized spacial score (nSPS) is 9.95. The van der Waals surface area contributed by atoms with Crippen molar-refractivity contribution in [2.24, 2.45) is 0 Å². The standard InChI is InChI=1S/C14H8BrIN2O3/c15-11-3-1-2-9(4-11)8-21-14-12(16)5-10(7-17)6-13(14)18(19)20/h1-6H,8H2. The number of halogens is 2. The highest BCUT2D eigenvalue weighted by molar-refractivity contribution is 14.1. The Morgan fingerprint density at radius 2 is 2.14 bits per heavy atom. The lowest BCUT2D eigenvalue weighted by Crippen LogP contribution is -2.01. The first kappa shape index (κ1) is 15.7. The molecule has 2 rings (SSSR count). The van der Waals surface area contributed by atoms with Crippen LogP contribution in [0.4, 0.5) is 5.69 Å². The van der Waals surface area contributed by atoms with E-state index in [1.54, 1.807) is 6.07 Å². The number of benzene rings is 2. The maximum Gasteiger partial charge on any atom is 0.313 e. The van der Waals surface area contributed by atoms with Crippen LogP contribution in [-0.2, 0) is 6.61 Å². The van der Waals surface area contributed by atoms with Gasteiger partial charge in [0.2, 0.25) is 5.75 Å². The quantitative estimate of drug-likeness (QED) is 0.386. The molecule has 0 heterocycles. The molecule has 7 heteroatoms. The van der Waals surface area contributed by atoms with Crippen LogP contribution in [0, 0.1) is 25.0 Å². The van der Waals surface area contributed by atoms with E-state index in [0.717, 1.165) is 10.0 Å². The third-order valence-corrected chi connectivity index (χ3v) is 3.92. The molecule has 0 unspecified atom stereocenters. The molecule has 106 valence electrons. The van der Waals surface area contributed by atoms with Gasteiger partial charge in [-0.15, -0.1) is 0 Å². The SMILES string of the molecule is N#Cc1cc(I)c(OCc2cccc(Br)c2)c([N+](=O)[O-])c1. The van der Waals surface area contributed by atoms with Crippen LogP contribution < -0.4 is 4.74 Å². The molecule has 0 aliphatic carbocycles. The summed E-state index contributed by atoms with van der Waals surface area (Å²) in [5.41, 5.74) is 0.924. The van der Waals surface area contributed by atoms with Gasteiger partial charge >= 0.3 is 5.69 Å². The number of nitriles is 1. The molecule has 0 fully saturated rings. The van der Waals surface area contributed by atoms with Gasteiger partial charge in [-0.2, -0.15) is 5.26 Å². The zero-order valence-corrected chi connectivity index (χ0v) is 14.3. The highest BCUT2D eigenvalue weighted by atomic mass is 127. The van der Waals surface area contributed by atoms with Crippen molar-refractivity contribution in [3.8, 4) is 11.8 Å². The molecule has 0 atom stereocenters. The van der Waals surface area contributed by atoms with Crippen molar-refractivity contribution < 1.29 is 9.66 Å². The molecule has 21 heavy (non-hydrogen) atoms. The zero-order valence-electron chi connectivity index (χ0n) is 10.5. The van der Waals surface area contributed by atoms with E-state index >= 15 is 0 Å². The molecule has 0 aliphatic heterocycles. The topological polar surface area (TPSA) is 76.2 Å². The Morgan fingerprint density at radius 1 is 1.38 bits per heavy atom. The van der Waals surface area contributed by atoms with Crippen LogP contribution in [0.25, 0.3) is 0 Å². The Morgan fingerprint density at radius 3 is 2.76 bits per heavy atom. The van der Waals surface area contributed by atoms with Crippen molar-refractivity contribution in [2.45, 2.75) is 6.61 Å². The summed E-state index contributed by atoms with van der Waals surface area (Å²) < 4.78 is 7.04. The van der Waals surface area contributed by atoms with E-state index in [9.17, 15) is 10.1 Å². The average Bonchev–Trinajstić information content (AvgIpc) is 2.45. The van der Waals surface area contributed by atoms with Gasteiger partial charge < -0.3 is 4.74 Å². The second-order valence-corrected chi connectivity index (χ2v) is 6.17. The van der Waals surface area contributed by atoms with E-state index in [4.69, 9.17) is 10.00 Å². The van der Waals surface area contributed by atoms with Gasteiger partial charge in [0.15, 0.2) is 0 Å². The summed E-state index contributed by atoms with van der Waals surface area (Å²) in [7, 11) is 0. The molecule has 0 amide bonds. The number of hydrogen-bond acceptors (Lipinski definition) is 4. The van der Waals surface area contributed by atoms with Gasteiger partial charge in [-0.25, -0.2) is 0 Å². The molecule has 0 N–H and O–H groups in total. The average molecular weight is 459 g/mol. The molecular weight excluding hydrogens is 451 g/mol. The highest BCUT2D eigenvalue weighted by Gasteiger charge is 2.20. The number of nitro benzene ring substituents is 1.